The van der Waals surface area contributed by atoms with Gasteiger partial charge >= 0.3 is 0 Å². The molecule has 0 aliphatic heterocycles. The van der Waals surface area contributed by atoms with Crippen LogP contribution in [0.15, 0.2) is 72.2 Å². The molecule has 4 rings (SSSR count). The lowest BCUT2D eigenvalue weighted by atomic mass is 10.1. The summed E-state index contributed by atoms with van der Waals surface area (Å²) in [7, 11) is 1.67. The molecule has 182 valence electrons. The predicted molar refractivity (Wildman–Crippen MR) is 146 cm³/mol. The van der Waals surface area contributed by atoms with E-state index in [2.05, 4.69) is 17.2 Å². The zero-order valence-corrected chi connectivity index (χ0v) is 21.6. The molecule has 2 aromatic heterocycles. The summed E-state index contributed by atoms with van der Waals surface area (Å²) in [4.78, 5) is 20.7. The van der Waals surface area contributed by atoms with Gasteiger partial charge in [0, 0.05) is 46.7 Å². The van der Waals surface area contributed by atoms with Gasteiger partial charge in [-0.3, -0.25) is 9.78 Å². The Balaban J connectivity index is 1.39. The first kappa shape index (κ1) is 25.0. The number of carbonyl (C=O) groups excluding carboxylic acids is 1. The van der Waals surface area contributed by atoms with Crippen LogP contribution in [0.5, 0.6) is 5.75 Å². The van der Waals surface area contributed by atoms with Gasteiger partial charge in [0.15, 0.2) is 0 Å². The van der Waals surface area contributed by atoms with Crippen LogP contribution in [0.3, 0.4) is 0 Å². The van der Waals surface area contributed by atoms with Crippen LogP contribution in [-0.2, 0) is 17.8 Å². The average molecular weight is 508 g/mol. The number of hydrogen-bond acceptors (Lipinski definition) is 5. The second-order valence-electron chi connectivity index (χ2n) is 8.64. The Morgan fingerprint density at radius 3 is 2.74 bits per heavy atom. The van der Waals surface area contributed by atoms with Gasteiger partial charge in [-0.05, 0) is 61.0 Å². The lowest BCUT2D eigenvalue weighted by Gasteiger charge is -2.24. The van der Waals surface area contributed by atoms with Gasteiger partial charge < -0.3 is 15.0 Å². The average Bonchev–Trinajstić information content (AvgIpc) is 3.37. The zero-order chi connectivity index (χ0) is 24.6. The smallest absolute Gasteiger partial charge is 0.228 e. The van der Waals surface area contributed by atoms with Crippen molar-refractivity contribution in [1.29, 1.82) is 0 Å². The first-order valence-corrected chi connectivity index (χ1v) is 13.0. The Labute approximate surface area is 215 Å². The van der Waals surface area contributed by atoms with E-state index in [-0.39, 0.29) is 11.9 Å². The molecule has 1 N–H and O–H groups in total. The maximum atomic E-state index is 13.1. The molecule has 0 aliphatic rings. The molecular weight excluding hydrogens is 478 g/mol. The number of benzene rings is 2. The molecule has 0 aliphatic carbocycles. The van der Waals surface area contributed by atoms with Crippen molar-refractivity contribution >= 4 is 45.4 Å². The number of ether oxygens (including phenoxy) is 1. The molecule has 35 heavy (non-hydrogen) atoms. The van der Waals surface area contributed by atoms with Crippen LogP contribution in [0, 0.1) is 0 Å². The van der Waals surface area contributed by atoms with Crippen LogP contribution >= 0.6 is 22.9 Å². The number of fused-ring (bicyclic) bond motifs is 1. The Kier molecular flexibility index (Phi) is 8.61. The lowest BCUT2D eigenvalue weighted by Crippen LogP contribution is -2.33. The van der Waals surface area contributed by atoms with Gasteiger partial charge in [0.25, 0.3) is 0 Å². The van der Waals surface area contributed by atoms with Gasteiger partial charge in [0.05, 0.1) is 24.7 Å². The van der Waals surface area contributed by atoms with Crippen LogP contribution < -0.4 is 10.1 Å². The van der Waals surface area contributed by atoms with E-state index < -0.39 is 0 Å². The fraction of sp³-hybridized carbons (Fsp3) is 0.286. The number of thiophene rings is 1. The van der Waals surface area contributed by atoms with Gasteiger partial charge in [0.1, 0.15) is 5.75 Å². The molecule has 1 unspecified atom stereocenters. The second kappa shape index (κ2) is 12.0. The van der Waals surface area contributed by atoms with Crippen molar-refractivity contribution in [2.45, 2.75) is 38.8 Å². The number of carbonyl (C=O) groups is 1. The van der Waals surface area contributed by atoms with Gasteiger partial charge in [-0.25, -0.2) is 0 Å². The largest absolute Gasteiger partial charge is 0.497 e. The van der Waals surface area contributed by atoms with Crippen molar-refractivity contribution in [3.63, 3.8) is 0 Å². The van der Waals surface area contributed by atoms with E-state index in [1.807, 2.05) is 70.9 Å². The molecule has 0 saturated carbocycles. The molecule has 0 radical (unpaired) electrons. The third-order valence-electron chi connectivity index (χ3n) is 5.93. The minimum absolute atomic E-state index is 0.144. The molecule has 0 spiro atoms. The van der Waals surface area contributed by atoms with Crippen molar-refractivity contribution < 1.29 is 9.53 Å². The molecule has 7 heteroatoms. The van der Waals surface area contributed by atoms with Crippen LogP contribution in [0.4, 0.5) is 5.69 Å². The number of pyridine rings is 1. The lowest BCUT2D eigenvalue weighted by molar-refractivity contribution is -0.131. The van der Waals surface area contributed by atoms with E-state index in [1.54, 1.807) is 24.6 Å². The molecule has 1 atom stereocenters. The first-order valence-electron chi connectivity index (χ1n) is 11.8. The van der Waals surface area contributed by atoms with Gasteiger partial charge in [-0.1, -0.05) is 35.9 Å². The third kappa shape index (κ3) is 6.96. The highest BCUT2D eigenvalue weighted by atomic mass is 35.5. The van der Waals surface area contributed by atoms with Crippen molar-refractivity contribution in [2.75, 3.05) is 19.0 Å². The highest BCUT2D eigenvalue weighted by Crippen LogP contribution is 2.28. The van der Waals surface area contributed by atoms with Gasteiger partial charge in [-0.2, -0.15) is 0 Å². The maximum Gasteiger partial charge on any atom is 0.228 e. The number of halogens is 1. The highest BCUT2D eigenvalue weighted by Gasteiger charge is 2.16. The number of rotatable bonds is 11. The molecule has 0 saturated heterocycles. The Hall–Kier alpha value is -3.09. The van der Waals surface area contributed by atoms with E-state index in [9.17, 15) is 4.79 Å². The molecule has 4 aromatic rings. The number of hydrogen-bond donors (Lipinski definition) is 1. The fourth-order valence-electron chi connectivity index (χ4n) is 4.09. The van der Waals surface area contributed by atoms with E-state index in [0.717, 1.165) is 45.6 Å². The van der Waals surface area contributed by atoms with Crippen LogP contribution in [0.2, 0.25) is 5.02 Å². The molecule has 0 fully saturated rings. The van der Waals surface area contributed by atoms with E-state index in [0.29, 0.717) is 24.5 Å². The zero-order valence-electron chi connectivity index (χ0n) is 20.0. The topological polar surface area (TPSA) is 54.5 Å². The summed E-state index contributed by atoms with van der Waals surface area (Å²) in [6.45, 7) is 3.43. The number of nitrogens with one attached hydrogen (secondary N) is 1. The number of aromatic nitrogens is 1. The third-order valence-corrected chi connectivity index (χ3v) is 7.05. The van der Waals surface area contributed by atoms with Crippen molar-refractivity contribution in [2.24, 2.45) is 0 Å². The summed E-state index contributed by atoms with van der Waals surface area (Å²) < 4.78 is 5.47. The normalized spacial score (nSPS) is 11.9. The molecule has 2 heterocycles. The van der Waals surface area contributed by atoms with Crippen molar-refractivity contribution in [1.82, 2.24) is 9.88 Å². The van der Waals surface area contributed by atoms with Gasteiger partial charge in [-0.15, -0.1) is 11.3 Å². The number of methoxy groups -OCH3 is 1. The van der Waals surface area contributed by atoms with E-state index in [4.69, 9.17) is 16.3 Å². The summed E-state index contributed by atoms with van der Waals surface area (Å²) in [6, 6.07) is 19.9. The molecule has 0 bridgehead atoms. The highest BCUT2D eigenvalue weighted by molar-refractivity contribution is 7.10. The van der Waals surface area contributed by atoms with Crippen LogP contribution in [-0.4, -0.2) is 35.5 Å². The number of amides is 1. The Morgan fingerprint density at radius 1 is 1.17 bits per heavy atom. The Morgan fingerprint density at radius 2 is 2.00 bits per heavy atom. The van der Waals surface area contributed by atoms with Crippen molar-refractivity contribution in [3.8, 4) is 5.75 Å². The summed E-state index contributed by atoms with van der Waals surface area (Å²) >= 11 is 7.67. The SMILES string of the molecule is COc1cc(NC(C)CCCN(Cc2ccc(Cl)cc2)C(=O)Cc2cccs2)c2ncccc2c1. The number of nitrogens with zero attached hydrogens (tertiary/aromatic N) is 2. The van der Waals surface area contributed by atoms with E-state index in [1.165, 1.54) is 0 Å². The minimum Gasteiger partial charge on any atom is -0.497 e. The quantitative estimate of drug-likeness (QED) is 0.242. The fourth-order valence-corrected chi connectivity index (χ4v) is 4.92. The minimum atomic E-state index is 0.144. The summed E-state index contributed by atoms with van der Waals surface area (Å²) in [5.74, 6) is 0.944. The summed E-state index contributed by atoms with van der Waals surface area (Å²) in [5, 5.41) is 7.34. The first-order chi connectivity index (χ1) is 17.0. The summed E-state index contributed by atoms with van der Waals surface area (Å²) in [6.07, 6.45) is 4.03. The monoisotopic (exact) mass is 507 g/mol. The van der Waals surface area contributed by atoms with Crippen molar-refractivity contribution in [3.05, 3.63) is 87.7 Å². The molecular formula is C28H30ClN3O2S. The van der Waals surface area contributed by atoms with E-state index >= 15 is 0 Å². The predicted octanol–water partition coefficient (Wildman–Crippen LogP) is 6.81. The maximum absolute atomic E-state index is 13.1. The molecule has 5 nitrogen and oxygen atoms in total. The van der Waals surface area contributed by atoms with Crippen LogP contribution in [0.1, 0.15) is 30.2 Å². The second-order valence-corrected chi connectivity index (χ2v) is 10.1. The van der Waals surface area contributed by atoms with Gasteiger partial charge in [0.2, 0.25) is 5.91 Å². The summed E-state index contributed by atoms with van der Waals surface area (Å²) in [5.41, 5.74) is 2.96. The number of anilines is 1. The standard InChI is InChI=1S/C28H30ClN3O2S/c1-20(31-26-17-24(34-2)16-22-7-3-13-30-28(22)26)6-4-14-32(19-21-9-11-23(29)12-10-21)27(33)18-25-8-5-15-35-25/h3,5,7-13,15-17,20,31H,4,6,14,18-19H2,1-2H3. The van der Waals surface area contributed by atoms with Crippen LogP contribution in [0.25, 0.3) is 10.9 Å². The molecule has 1 amide bonds. The Bertz CT molecular complexity index is 1250. The molecule has 2 aromatic carbocycles.